The van der Waals surface area contributed by atoms with Crippen molar-refractivity contribution in [1.29, 1.82) is 0 Å². The number of hydrogen-bond donors (Lipinski definition) is 3. The number of nitrogen functional groups attached to an aromatic ring is 1. The molecule has 0 radical (unpaired) electrons. The Morgan fingerprint density at radius 1 is 1.47 bits per heavy atom. The second kappa shape index (κ2) is 6.24. The minimum atomic E-state index is -0.816. The van der Waals surface area contributed by atoms with E-state index >= 15 is 0 Å². The van der Waals surface area contributed by atoms with Crippen molar-refractivity contribution in [2.75, 3.05) is 29.1 Å². The van der Waals surface area contributed by atoms with E-state index in [4.69, 9.17) is 11.5 Å². The van der Waals surface area contributed by atoms with E-state index < -0.39 is 16.7 Å². The van der Waals surface area contributed by atoms with Gasteiger partial charge < -0.3 is 16.8 Å². The van der Waals surface area contributed by atoms with Gasteiger partial charge in [-0.05, 0) is 12.1 Å². The van der Waals surface area contributed by atoms with Gasteiger partial charge in [0, 0.05) is 28.9 Å². The second-order valence-corrected chi connectivity index (χ2v) is 5.36. The summed E-state index contributed by atoms with van der Waals surface area (Å²) in [6.45, 7) is 2.42. The van der Waals surface area contributed by atoms with E-state index in [0.717, 1.165) is 0 Å². The molecule has 0 fully saturated rings. The number of amides is 1. The molecule has 0 aliphatic rings. The van der Waals surface area contributed by atoms with Crippen LogP contribution in [-0.4, -0.2) is 28.2 Å². The lowest BCUT2D eigenvalue weighted by Gasteiger charge is -2.11. The molecule has 0 bridgehead atoms. The molecule has 5 nitrogen and oxygen atoms in total. The molecule has 0 saturated heterocycles. The lowest BCUT2D eigenvalue weighted by atomic mass is 10.1. The molecule has 0 heterocycles. The predicted octanol–water partition coefficient (Wildman–Crippen LogP) is 0.548. The molecule has 5 N–H and O–H groups in total. The third-order valence-electron chi connectivity index (χ3n) is 2.34. The van der Waals surface area contributed by atoms with Crippen LogP contribution in [0.25, 0.3) is 0 Å². The van der Waals surface area contributed by atoms with Gasteiger partial charge in [-0.3, -0.25) is 9.00 Å². The van der Waals surface area contributed by atoms with Gasteiger partial charge >= 0.3 is 0 Å². The van der Waals surface area contributed by atoms with Crippen LogP contribution in [0, 0.1) is 0 Å². The minimum absolute atomic E-state index is 0.298. The minimum Gasteiger partial charge on any atom is -0.396 e. The van der Waals surface area contributed by atoms with Crippen molar-refractivity contribution in [3.05, 3.63) is 23.8 Å². The maximum atomic E-state index is 11.2. The van der Waals surface area contributed by atoms with Crippen molar-refractivity contribution in [3.8, 4) is 0 Å². The summed E-state index contributed by atoms with van der Waals surface area (Å²) in [6, 6.07) is 5.04. The number of carbonyl (C=O) groups excluding carboxylic acids is 1. The van der Waals surface area contributed by atoms with Crippen LogP contribution in [0.1, 0.15) is 17.3 Å². The summed E-state index contributed by atoms with van der Waals surface area (Å²) in [5.41, 5.74) is 12.3. The Morgan fingerprint density at radius 3 is 2.76 bits per heavy atom. The number of anilines is 2. The molecule has 0 aliphatic heterocycles. The second-order valence-electron chi connectivity index (χ2n) is 3.49. The fourth-order valence-electron chi connectivity index (χ4n) is 1.38. The van der Waals surface area contributed by atoms with E-state index in [0.29, 0.717) is 35.0 Å². The lowest BCUT2D eigenvalue weighted by molar-refractivity contribution is 0.100. The predicted molar refractivity (Wildman–Crippen MR) is 71.4 cm³/mol. The number of nitrogens with two attached hydrogens (primary N) is 2. The zero-order chi connectivity index (χ0) is 12.8. The van der Waals surface area contributed by atoms with E-state index in [1.807, 2.05) is 6.92 Å². The summed E-state index contributed by atoms with van der Waals surface area (Å²) in [5.74, 6) is 0.637. The average molecular weight is 255 g/mol. The van der Waals surface area contributed by atoms with Crippen LogP contribution in [-0.2, 0) is 10.8 Å². The zero-order valence-corrected chi connectivity index (χ0v) is 10.5. The molecule has 1 aromatic carbocycles. The van der Waals surface area contributed by atoms with Gasteiger partial charge in [0.05, 0.1) is 16.9 Å². The molecule has 1 atom stereocenters. The third kappa shape index (κ3) is 3.74. The Bertz CT molecular complexity index is 435. The van der Waals surface area contributed by atoms with Gasteiger partial charge in [0.1, 0.15) is 0 Å². The summed E-state index contributed by atoms with van der Waals surface area (Å²) >= 11 is 0. The van der Waals surface area contributed by atoms with E-state index in [1.165, 1.54) is 0 Å². The van der Waals surface area contributed by atoms with Gasteiger partial charge in [0.15, 0.2) is 0 Å². The Labute approximate surface area is 103 Å². The van der Waals surface area contributed by atoms with Crippen molar-refractivity contribution in [1.82, 2.24) is 0 Å². The first-order chi connectivity index (χ1) is 8.06. The van der Waals surface area contributed by atoms with E-state index in [1.54, 1.807) is 18.2 Å². The molecule has 94 valence electrons. The van der Waals surface area contributed by atoms with Crippen molar-refractivity contribution < 1.29 is 9.00 Å². The van der Waals surface area contributed by atoms with Crippen molar-refractivity contribution in [2.45, 2.75) is 6.92 Å². The maximum absolute atomic E-state index is 11.2. The van der Waals surface area contributed by atoms with Crippen molar-refractivity contribution >= 4 is 28.1 Å². The molecule has 17 heavy (non-hydrogen) atoms. The summed E-state index contributed by atoms with van der Waals surface area (Å²) < 4.78 is 11.2. The number of primary amides is 1. The molecule has 1 aromatic rings. The summed E-state index contributed by atoms with van der Waals surface area (Å²) in [6.07, 6.45) is 0. The smallest absolute Gasteiger partial charge is 0.250 e. The van der Waals surface area contributed by atoms with Gasteiger partial charge in [-0.25, -0.2) is 0 Å². The Kier molecular flexibility index (Phi) is 4.96. The fraction of sp³-hybridized carbons (Fsp3) is 0.364. The molecule has 0 aromatic heterocycles. The normalized spacial score (nSPS) is 12.1. The first kappa shape index (κ1) is 13.5. The van der Waals surface area contributed by atoms with Crippen LogP contribution >= 0.6 is 0 Å². The largest absolute Gasteiger partial charge is 0.396 e. The number of benzene rings is 1. The van der Waals surface area contributed by atoms with Crippen LogP contribution in [0.15, 0.2) is 18.2 Å². The van der Waals surface area contributed by atoms with Gasteiger partial charge in [0.2, 0.25) is 0 Å². The molecule has 1 rings (SSSR count). The van der Waals surface area contributed by atoms with Gasteiger partial charge in [0.25, 0.3) is 5.91 Å². The van der Waals surface area contributed by atoms with Gasteiger partial charge in [-0.15, -0.1) is 0 Å². The topological polar surface area (TPSA) is 98.2 Å². The van der Waals surface area contributed by atoms with Gasteiger partial charge in [-0.2, -0.15) is 0 Å². The maximum Gasteiger partial charge on any atom is 0.250 e. The Balaban J connectivity index is 2.69. The number of para-hydroxylation sites is 1. The van der Waals surface area contributed by atoms with Crippen LogP contribution in [0.2, 0.25) is 0 Å². The van der Waals surface area contributed by atoms with Crippen LogP contribution in [0.4, 0.5) is 11.4 Å². The SMILES string of the molecule is CCS(=O)CCNc1cccc(C(N)=O)c1N. The lowest BCUT2D eigenvalue weighted by Crippen LogP contribution is -2.16. The van der Waals surface area contributed by atoms with Crippen molar-refractivity contribution in [2.24, 2.45) is 5.73 Å². The molecule has 1 amide bonds. The highest BCUT2D eigenvalue weighted by atomic mass is 32.2. The molecule has 0 saturated carbocycles. The highest BCUT2D eigenvalue weighted by Gasteiger charge is 2.08. The van der Waals surface area contributed by atoms with Crippen LogP contribution < -0.4 is 16.8 Å². The number of carbonyl (C=O) groups is 1. The average Bonchev–Trinajstić information content (AvgIpc) is 2.30. The highest BCUT2D eigenvalue weighted by molar-refractivity contribution is 7.84. The Morgan fingerprint density at radius 2 is 2.18 bits per heavy atom. The number of rotatable bonds is 6. The van der Waals surface area contributed by atoms with Crippen LogP contribution in [0.3, 0.4) is 0 Å². The van der Waals surface area contributed by atoms with Gasteiger partial charge in [-0.1, -0.05) is 13.0 Å². The first-order valence-electron chi connectivity index (χ1n) is 5.33. The molecule has 1 unspecified atom stereocenters. The highest BCUT2D eigenvalue weighted by Crippen LogP contribution is 2.21. The summed E-state index contributed by atoms with van der Waals surface area (Å²) in [5, 5.41) is 3.05. The van der Waals surface area contributed by atoms with E-state index in [9.17, 15) is 9.00 Å². The standard InChI is InChI=1S/C11H17N3O2S/c1-2-17(16)7-6-14-9-5-3-4-8(10(9)12)11(13)15/h3-5,14H,2,6-7,12H2,1H3,(H2,13,15). The Hall–Kier alpha value is -1.56. The number of hydrogen-bond acceptors (Lipinski definition) is 4. The molecular formula is C11H17N3O2S. The molecule has 0 spiro atoms. The molecule has 6 heteroatoms. The fourth-order valence-corrected chi connectivity index (χ4v) is 2.00. The van der Waals surface area contributed by atoms with E-state index in [2.05, 4.69) is 5.32 Å². The summed E-state index contributed by atoms with van der Waals surface area (Å²) in [4.78, 5) is 11.1. The molecular weight excluding hydrogens is 238 g/mol. The molecule has 0 aliphatic carbocycles. The quantitative estimate of drug-likeness (QED) is 0.646. The van der Waals surface area contributed by atoms with Crippen molar-refractivity contribution in [3.63, 3.8) is 0 Å². The zero-order valence-electron chi connectivity index (χ0n) is 9.73. The number of nitrogens with one attached hydrogen (secondary N) is 1. The summed E-state index contributed by atoms with van der Waals surface area (Å²) in [7, 11) is -0.816. The van der Waals surface area contributed by atoms with E-state index in [-0.39, 0.29) is 0 Å². The monoisotopic (exact) mass is 255 g/mol. The first-order valence-corrected chi connectivity index (χ1v) is 6.82. The third-order valence-corrected chi connectivity index (χ3v) is 3.64. The van der Waals surface area contributed by atoms with Crippen LogP contribution in [0.5, 0.6) is 0 Å².